The standard InChI is InChI=1S/C19H26ClN9/c1-2-29-18-16(27-28-29)17(23-10-11-7-8-12(20)14(22)9-11)25-19(26-18)24-15-6-4-3-5-13(15)21/h7-9,13,15H,2-6,10,21-22H2,1H3,(H2,23,24,25,26). The lowest BCUT2D eigenvalue weighted by Gasteiger charge is -2.29. The number of rotatable bonds is 6. The van der Waals surface area contributed by atoms with Crippen LogP contribution in [0, 0.1) is 0 Å². The second-order valence-corrected chi connectivity index (χ2v) is 7.79. The molecule has 0 saturated heterocycles. The van der Waals surface area contributed by atoms with Crippen LogP contribution in [-0.2, 0) is 13.1 Å². The van der Waals surface area contributed by atoms with Crippen molar-refractivity contribution in [1.82, 2.24) is 25.0 Å². The average molecular weight is 416 g/mol. The zero-order valence-corrected chi connectivity index (χ0v) is 17.2. The van der Waals surface area contributed by atoms with E-state index in [0.717, 1.165) is 24.8 Å². The molecule has 1 aliphatic carbocycles. The zero-order valence-electron chi connectivity index (χ0n) is 16.4. The van der Waals surface area contributed by atoms with E-state index in [9.17, 15) is 0 Å². The molecular formula is C19H26ClN9. The summed E-state index contributed by atoms with van der Waals surface area (Å²) >= 11 is 6.01. The predicted octanol–water partition coefficient (Wildman–Crippen LogP) is 2.77. The van der Waals surface area contributed by atoms with Gasteiger partial charge in [0.25, 0.3) is 0 Å². The van der Waals surface area contributed by atoms with Crippen LogP contribution in [0.3, 0.4) is 0 Å². The first kappa shape index (κ1) is 19.7. The van der Waals surface area contributed by atoms with Gasteiger partial charge in [-0.05, 0) is 37.5 Å². The van der Waals surface area contributed by atoms with Crippen molar-refractivity contribution in [3.05, 3.63) is 28.8 Å². The molecule has 1 aliphatic rings. The quantitative estimate of drug-likeness (QED) is 0.451. The molecule has 1 aromatic carbocycles. The third kappa shape index (κ3) is 4.20. The lowest BCUT2D eigenvalue weighted by molar-refractivity contribution is 0.402. The number of aryl methyl sites for hydroxylation is 1. The molecule has 29 heavy (non-hydrogen) atoms. The molecule has 6 N–H and O–H groups in total. The number of aromatic nitrogens is 5. The fraction of sp³-hybridized carbons (Fsp3) is 0.474. The third-order valence-electron chi connectivity index (χ3n) is 5.32. The maximum atomic E-state index is 6.29. The van der Waals surface area contributed by atoms with Gasteiger partial charge in [0.1, 0.15) is 0 Å². The molecule has 0 amide bonds. The highest BCUT2D eigenvalue weighted by Crippen LogP contribution is 2.25. The Hall–Kier alpha value is -2.65. The number of fused-ring (bicyclic) bond motifs is 1. The first-order valence-electron chi connectivity index (χ1n) is 9.96. The average Bonchev–Trinajstić information content (AvgIpc) is 3.13. The maximum absolute atomic E-state index is 6.29. The molecule has 0 radical (unpaired) electrons. The van der Waals surface area contributed by atoms with Gasteiger partial charge in [-0.2, -0.15) is 9.97 Å². The number of hydrogen-bond donors (Lipinski definition) is 4. The van der Waals surface area contributed by atoms with Gasteiger partial charge in [0, 0.05) is 25.2 Å². The Morgan fingerprint density at radius 3 is 2.83 bits per heavy atom. The van der Waals surface area contributed by atoms with Crippen molar-refractivity contribution >= 4 is 40.2 Å². The normalized spacial score (nSPS) is 19.4. The molecule has 154 valence electrons. The van der Waals surface area contributed by atoms with Crippen molar-refractivity contribution in [3.63, 3.8) is 0 Å². The summed E-state index contributed by atoms with van der Waals surface area (Å²) in [6.07, 6.45) is 4.35. The number of hydrogen-bond acceptors (Lipinski definition) is 8. The molecule has 3 aromatic rings. The molecule has 0 bridgehead atoms. The fourth-order valence-electron chi connectivity index (χ4n) is 3.65. The zero-order chi connectivity index (χ0) is 20.4. The van der Waals surface area contributed by atoms with Gasteiger partial charge in [0.15, 0.2) is 17.0 Å². The van der Waals surface area contributed by atoms with Gasteiger partial charge in [-0.25, -0.2) is 4.68 Å². The number of halogens is 1. The molecule has 1 saturated carbocycles. The lowest BCUT2D eigenvalue weighted by Crippen LogP contribution is -2.43. The molecule has 10 heteroatoms. The van der Waals surface area contributed by atoms with Gasteiger partial charge in [-0.15, -0.1) is 5.10 Å². The summed E-state index contributed by atoms with van der Waals surface area (Å²) in [4.78, 5) is 9.33. The van der Waals surface area contributed by atoms with Crippen molar-refractivity contribution in [2.45, 2.75) is 57.8 Å². The molecule has 2 heterocycles. The molecule has 2 atom stereocenters. The Morgan fingerprint density at radius 1 is 1.24 bits per heavy atom. The molecule has 0 aliphatic heterocycles. The molecule has 2 aromatic heterocycles. The largest absolute Gasteiger partial charge is 0.398 e. The highest BCUT2D eigenvalue weighted by Gasteiger charge is 2.23. The van der Waals surface area contributed by atoms with E-state index in [1.807, 2.05) is 19.1 Å². The Kier molecular flexibility index (Phi) is 5.68. The van der Waals surface area contributed by atoms with Crippen LogP contribution in [0.1, 0.15) is 38.2 Å². The van der Waals surface area contributed by atoms with Gasteiger partial charge in [0.2, 0.25) is 5.95 Å². The molecule has 2 unspecified atom stereocenters. The Bertz CT molecular complexity index is 1000. The van der Waals surface area contributed by atoms with Gasteiger partial charge in [-0.1, -0.05) is 35.7 Å². The van der Waals surface area contributed by atoms with Gasteiger partial charge in [-0.3, -0.25) is 0 Å². The van der Waals surface area contributed by atoms with E-state index in [2.05, 4.69) is 30.9 Å². The van der Waals surface area contributed by atoms with Crippen molar-refractivity contribution in [2.24, 2.45) is 5.73 Å². The summed E-state index contributed by atoms with van der Waals surface area (Å²) in [6, 6.07) is 5.82. The molecule has 0 spiro atoms. The van der Waals surface area contributed by atoms with Crippen molar-refractivity contribution < 1.29 is 0 Å². The molecular weight excluding hydrogens is 390 g/mol. The number of nitrogens with zero attached hydrogens (tertiary/aromatic N) is 5. The van der Waals surface area contributed by atoms with Crippen LogP contribution in [0.25, 0.3) is 11.2 Å². The number of nitrogen functional groups attached to an aromatic ring is 1. The Labute approximate surface area is 174 Å². The van der Waals surface area contributed by atoms with E-state index in [1.165, 1.54) is 6.42 Å². The van der Waals surface area contributed by atoms with Crippen LogP contribution in [0.5, 0.6) is 0 Å². The Morgan fingerprint density at radius 2 is 2.07 bits per heavy atom. The van der Waals surface area contributed by atoms with Crippen molar-refractivity contribution in [3.8, 4) is 0 Å². The summed E-state index contributed by atoms with van der Waals surface area (Å²) in [5.41, 5.74) is 15.1. The minimum absolute atomic E-state index is 0.103. The minimum atomic E-state index is 0.103. The fourth-order valence-corrected chi connectivity index (χ4v) is 3.77. The summed E-state index contributed by atoms with van der Waals surface area (Å²) in [6.45, 7) is 3.20. The summed E-state index contributed by atoms with van der Waals surface area (Å²) < 4.78 is 1.76. The second kappa shape index (κ2) is 8.38. The minimum Gasteiger partial charge on any atom is -0.398 e. The predicted molar refractivity (Wildman–Crippen MR) is 116 cm³/mol. The molecule has 1 fully saturated rings. The van der Waals surface area contributed by atoms with Crippen LogP contribution < -0.4 is 22.1 Å². The van der Waals surface area contributed by atoms with Gasteiger partial charge in [0.05, 0.1) is 10.7 Å². The molecule has 9 nitrogen and oxygen atoms in total. The summed E-state index contributed by atoms with van der Waals surface area (Å²) in [5.74, 6) is 1.16. The first-order valence-corrected chi connectivity index (χ1v) is 10.3. The van der Waals surface area contributed by atoms with Crippen LogP contribution >= 0.6 is 11.6 Å². The monoisotopic (exact) mass is 415 g/mol. The van der Waals surface area contributed by atoms with E-state index >= 15 is 0 Å². The van der Waals surface area contributed by atoms with Crippen LogP contribution in [-0.4, -0.2) is 37.0 Å². The number of anilines is 3. The van der Waals surface area contributed by atoms with Gasteiger partial charge >= 0.3 is 0 Å². The Balaban J connectivity index is 1.62. The SMILES string of the molecule is CCn1nnc2c(NCc3ccc(Cl)c(N)c3)nc(NC3CCCCC3N)nc21. The van der Waals surface area contributed by atoms with E-state index in [-0.39, 0.29) is 12.1 Å². The van der Waals surface area contributed by atoms with Crippen molar-refractivity contribution in [1.29, 1.82) is 0 Å². The molecule has 4 rings (SSSR count). The lowest BCUT2D eigenvalue weighted by atomic mass is 9.91. The van der Waals surface area contributed by atoms with Crippen LogP contribution in [0.2, 0.25) is 5.02 Å². The first-order chi connectivity index (χ1) is 14.0. The van der Waals surface area contributed by atoms with E-state index in [4.69, 9.17) is 23.1 Å². The highest BCUT2D eigenvalue weighted by atomic mass is 35.5. The van der Waals surface area contributed by atoms with Crippen LogP contribution in [0.4, 0.5) is 17.5 Å². The van der Waals surface area contributed by atoms with E-state index in [1.54, 1.807) is 10.7 Å². The van der Waals surface area contributed by atoms with E-state index in [0.29, 0.717) is 46.7 Å². The topological polar surface area (TPSA) is 133 Å². The number of nitrogens with two attached hydrogens (primary N) is 2. The smallest absolute Gasteiger partial charge is 0.227 e. The van der Waals surface area contributed by atoms with Gasteiger partial charge < -0.3 is 22.1 Å². The van der Waals surface area contributed by atoms with Crippen LogP contribution in [0.15, 0.2) is 18.2 Å². The van der Waals surface area contributed by atoms with E-state index < -0.39 is 0 Å². The summed E-state index contributed by atoms with van der Waals surface area (Å²) in [5, 5.41) is 15.8. The third-order valence-corrected chi connectivity index (χ3v) is 5.66. The van der Waals surface area contributed by atoms with Crippen molar-refractivity contribution in [2.75, 3.05) is 16.4 Å². The maximum Gasteiger partial charge on any atom is 0.227 e. The second-order valence-electron chi connectivity index (χ2n) is 7.38. The number of nitrogens with one attached hydrogen (secondary N) is 2. The summed E-state index contributed by atoms with van der Waals surface area (Å²) in [7, 11) is 0. The number of benzene rings is 1. The highest BCUT2D eigenvalue weighted by molar-refractivity contribution is 6.33.